The molecule has 5 rings (SSSR count). The molecule has 4 heterocycles. The molecule has 32 heavy (non-hydrogen) atoms. The maximum Gasteiger partial charge on any atom is 0.265 e. The van der Waals surface area contributed by atoms with Crippen molar-refractivity contribution in [2.45, 2.75) is 22.6 Å². The van der Waals surface area contributed by atoms with E-state index >= 15 is 0 Å². The van der Waals surface area contributed by atoms with Crippen molar-refractivity contribution in [1.29, 1.82) is 0 Å². The Morgan fingerprint density at radius 1 is 1.25 bits per heavy atom. The highest BCUT2D eigenvalue weighted by Gasteiger charge is 2.34. The molecule has 170 valence electrons. The smallest absolute Gasteiger partial charge is 0.265 e. The number of sulfonamides is 1. The van der Waals surface area contributed by atoms with E-state index in [-0.39, 0.29) is 10.9 Å². The predicted molar refractivity (Wildman–Crippen MR) is 128 cm³/mol. The fourth-order valence-corrected chi connectivity index (χ4v) is 6.77. The lowest BCUT2D eigenvalue weighted by atomic mass is 10.1. The van der Waals surface area contributed by atoms with Gasteiger partial charge in [-0.05, 0) is 23.8 Å². The van der Waals surface area contributed by atoms with Gasteiger partial charge in [0, 0.05) is 50.7 Å². The molecule has 0 bridgehead atoms. The van der Waals surface area contributed by atoms with Crippen molar-refractivity contribution >= 4 is 38.2 Å². The second-order valence-electron chi connectivity index (χ2n) is 8.21. The number of hydrogen-bond acceptors (Lipinski definition) is 8. The first-order valence-electron chi connectivity index (χ1n) is 10.8. The number of ether oxygens (including phenoxy) is 1. The quantitative estimate of drug-likeness (QED) is 0.687. The summed E-state index contributed by atoms with van der Waals surface area (Å²) >= 11 is 1.85. The summed E-state index contributed by atoms with van der Waals surface area (Å²) in [7, 11) is -2.11. The summed E-state index contributed by atoms with van der Waals surface area (Å²) in [6.45, 7) is 5.44. The normalized spacial score (nSPS) is 23.5. The van der Waals surface area contributed by atoms with E-state index in [9.17, 15) is 8.42 Å². The van der Waals surface area contributed by atoms with Crippen molar-refractivity contribution < 1.29 is 13.2 Å². The number of aliphatic imine (C=N–C) groups is 1. The molecule has 1 saturated heterocycles. The van der Waals surface area contributed by atoms with E-state index in [2.05, 4.69) is 21.3 Å². The Morgan fingerprint density at radius 2 is 2.09 bits per heavy atom. The van der Waals surface area contributed by atoms with Crippen molar-refractivity contribution in [3.63, 3.8) is 0 Å². The van der Waals surface area contributed by atoms with Gasteiger partial charge < -0.3 is 10.1 Å². The van der Waals surface area contributed by atoms with E-state index in [1.165, 1.54) is 10.5 Å². The molecule has 1 aromatic carbocycles. The Labute approximate surface area is 193 Å². The number of hydrogen-bond donors (Lipinski definition) is 1. The van der Waals surface area contributed by atoms with E-state index in [4.69, 9.17) is 9.73 Å². The number of thioether (sulfide) groups is 1. The zero-order chi connectivity index (χ0) is 22.1. The number of fused-ring (bicyclic) bond motifs is 1. The van der Waals surface area contributed by atoms with Crippen molar-refractivity contribution in [2.24, 2.45) is 4.99 Å². The predicted octanol–water partition coefficient (Wildman–Crippen LogP) is 2.09. The molecule has 2 atom stereocenters. The third-order valence-electron chi connectivity index (χ3n) is 6.11. The Balaban J connectivity index is 1.29. The second-order valence-corrected chi connectivity index (χ2v) is 11.5. The van der Waals surface area contributed by atoms with Crippen LogP contribution in [-0.4, -0.2) is 81.1 Å². The molecule has 1 aromatic heterocycles. The number of pyridine rings is 1. The minimum Gasteiger partial charge on any atom is -0.379 e. The molecular weight excluding hydrogens is 446 g/mol. The van der Waals surface area contributed by atoms with E-state index in [1.54, 1.807) is 25.4 Å². The zero-order valence-electron chi connectivity index (χ0n) is 18.0. The highest BCUT2D eigenvalue weighted by molar-refractivity contribution is 8.15. The first-order valence-corrected chi connectivity index (χ1v) is 13.1. The highest BCUT2D eigenvalue weighted by atomic mass is 32.2. The Morgan fingerprint density at radius 3 is 2.88 bits per heavy atom. The van der Waals surface area contributed by atoms with Crippen molar-refractivity contribution in [3.05, 3.63) is 48.3 Å². The van der Waals surface area contributed by atoms with Crippen LogP contribution >= 0.6 is 11.8 Å². The van der Waals surface area contributed by atoms with Crippen molar-refractivity contribution in [1.82, 2.24) is 9.88 Å². The van der Waals surface area contributed by atoms with Crippen LogP contribution in [0.5, 0.6) is 0 Å². The molecule has 10 heteroatoms. The summed E-state index contributed by atoms with van der Waals surface area (Å²) in [5, 5.41) is 5.14. The number of morpholine rings is 1. The summed E-state index contributed by atoms with van der Waals surface area (Å²) in [4.78, 5) is 11.4. The topological polar surface area (TPSA) is 87.1 Å². The number of anilines is 2. The monoisotopic (exact) mass is 473 g/mol. The van der Waals surface area contributed by atoms with Crippen molar-refractivity contribution in [3.8, 4) is 0 Å². The standard InChI is InChI=1S/C22H27N5O3S2/c1-26(32(28,29)18-5-3-7-23-14-18)20-6-2-4-16-12-19(25-21(16)20)22-24-13-17(31-22)15-27-8-10-30-11-9-27/h2-7,14,17,19,25H,8-13,15H2,1H3. The number of rotatable bonds is 6. The molecule has 3 aliphatic rings. The Bertz CT molecular complexity index is 1100. The van der Waals surface area contributed by atoms with E-state index in [0.29, 0.717) is 10.9 Å². The maximum absolute atomic E-state index is 13.1. The summed E-state index contributed by atoms with van der Waals surface area (Å²) in [5.74, 6) is 0. The molecule has 1 N–H and O–H groups in total. The third kappa shape index (κ3) is 4.24. The minimum atomic E-state index is -3.70. The minimum absolute atomic E-state index is 0.0836. The molecular formula is C22H27N5O3S2. The fourth-order valence-electron chi connectivity index (χ4n) is 4.36. The molecule has 0 saturated carbocycles. The lowest BCUT2D eigenvalue weighted by molar-refractivity contribution is 0.0385. The van der Waals surface area contributed by atoms with Crippen LogP contribution in [0.4, 0.5) is 11.4 Å². The van der Waals surface area contributed by atoms with Crippen LogP contribution in [0.15, 0.2) is 52.6 Å². The summed E-state index contributed by atoms with van der Waals surface area (Å²) in [6, 6.07) is 9.09. The van der Waals surface area contributed by atoms with Crippen LogP contribution in [0.3, 0.4) is 0 Å². The molecule has 1 fully saturated rings. The Kier molecular flexibility index (Phi) is 6.11. The summed E-state index contributed by atoms with van der Waals surface area (Å²) < 4.78 is 33.0. The highest BCUT2D eigenvalue weighted by Crippen LogP contribution is 2.39. The van der Waals surface area contributed by atoms with Gasteiger partial charge in [0.15, 0.2) is 0 Å². The zero-order valence-corrected chi connectivity index (χ0v) is 19.6. The first kappa shape index (κ1) is 21.7. The van der Waals surface area contributed by atoms with Gasteiger partial charge in [-0.2, -0.15) is 0 Å². The average Bonchev–Trinajstić information content (AvgIpc) is 3.46. The van der Waals surface area contributed by atoms with E-state index < -0.39 is 10.0 Å². The molecule has 2 unspecified atom stereocenters. The maximum atomic E-state index is 13.1. The molecule has 8 nitrogen and oxygen atoms in total. The number of nitrogens with one attached hydrogen (secondary N) is 1. The van der Waals surface area contributed by atoms with Crippen LogP contribution in [0.1, 0.15) is 5.56 Å². The molecule has 0 radical (unpaired) electrons. The number of benzene rings is 1. The van der Waals surface area contributed by atoms with E-state index in [0.717, 1.165) is 62.1 Å². The number of aromatic nitrogens is 1. The van der Waals surface area contributed by atoms with Gasteiger partial charge in [-0.25, -0.2) is 8.42 Å². The molecule has 3 aliphatic heterocycles. The molecule has 2 aromatic rings. The SMILES string of the molecule is CN(c1cccc2c1NC(C1=NCC(CN3CCOCC3)S1)C2)S(=O)(=O)c1cccnc1. The second kappa shape index (κ2) is 9.01. The average molecular weight is 474 g/mol. The van der Waals surface area contributed by atoms with Gasteiger partial charge >= 0.3 is 0 Å². The van der Waals surface area contributed by atoms with Crippen LogP contribution in [0.25, 0.3) is 0 Å². The van der Waals surface area contributed by atoms with Crippen LogP contribution in [-0.2, 0) is 21.2 Å². The summed E-state index contributed by atoms with van der Waals surface area (Å²) in [5.41, 5.74) is 2.62. The lowest BCUT2D eigenvalue weighted by Gasteiger charge is -2.28. The number of nitrogens with zero attached hydrogens (tertiary/aromatic N) is 4. The largest absolute Gasteiger partial charge is 0.379 e. The molecule has 0 amide bonds. The first-order chi connectivity index (χ1) is 15.5. The van der Waals surface area contributed by atoms with Gasteiger partial charge in [0.1, 0.15) is 4.90 Å². The van der Waals surface area contributed by atoms with Gasteiger partial charge in [0.05, 0.1) is 42.2 Å². The van der Waals surface area contributed by atoms with Crippen molar-refractivity contribution in [2.75, 3.05) is 56.1 Å². The van der Waals surface area contributed by atoms with Gasteiger partial charge in [-0.1, -0.05) is 12.1 Å². The lowest BCUT2D eigenvalue weighted by Crippen LogP contribution is -2.40. The fraction of sp³-hybridized carbons (Fsp3) is 0.455. The third-order valence-corrected chi connectivity index (χ3v) is 9.15. The van der Waals surface area contributed by atoms with Gasteiger partial charge in [-0.3, -0.25) is 19.2 Å². The van der Waals surface area contributed by atoms with Crippen LogP contribution in [0.2, 0.25) is 0 Å². The van der Waals surface area contributed by atoms with E-state index in [1.807, 2.05) is 23.9 Å². The molecule has 0 spiro atoms. The van der Waals surface area contributed by atoms with Gasteiger partial charge in [0.25, 0.3) is 10.0 Å². The van der Waals surface area contributed by atoms with Crippen LogP contribution in [0, 0.1) is 0 Å². The number of para-hydroxylation sites is 1. The summed E-state index contributed by atoms with van der Waals surface area (Å²) in [6.07, 6.45) is 3.75. The van der Waals surface area contributed by atoms with Gasteiger partial charge in [-0.15, -0.1) is 11.8 Å². The Hall–Kier alpha value is -2.14. The van der Waals surface area contributed by atoms with Crippen LogP contribution < -0.4 is 9.62 Å². The molecule has 0 aliphatic carbocycles. The van der Waals surface area contributed by atoms with Gasteiger partial charge in [0.2, 0.25) is 0 Å².